The van der Waals surface area contributed by atoms with E-state index in [9.17, 15) is 14.0 Å². The standard InChI is InChI=1S/C16H21FN2O3S/c1-10(2)22-14(20)6-8-18-16(21)19-13-7-9-23-15-11(13)4-3-5-12(15)17/h3-5,10,13H,6-9H2,1-2H3,(H2,18,19,21)/t13-/m1/s1. The number of thioether (sulfide) groups is 1. The van der Waals surface area contributed by atoms with Gasteiger partial charge in [-0.2, -0.15) is 0 Å². The number of esters is 1. The van der Waals surface area contributed by atoms with Crippen molar-refractivity contribution in [1.29, 1.82) is 0 Å². The molecule has 2 rings (SSSR count). The van der Waals surface area contributed by atoms with E-state index in [0.717, 1.165) is 17.7 Å². The average molecular weight is 340 g/mol. The van der Waals surface area contributed by atoms with Gasteiger partial charge in [-0.05, 0) is 31.9 Å². The second kappa shape index (κ2) is 8.19. The minimum absolute atomic E-state index is 0.122. The van der Waals surface area contributed by atoms with Gasteiger partial charge < -0.3 is 15.4 Å². The second-order valence-electron chi connectivity index (χ2n) is 5.54. The van der Waals surface area contributed by atoms with E-state index in [-0.39, 0.29) is 42.9 Å². The summed E-state index contributed by atoms with van der Waals surface area (Å²) in [4.78, 5) is 23.9. The fourth-order valence-electron chi connectivity index (χ4n) is 2.35. The van der Waals surface area contributed by atoms with Gasteiger partial charge in [0.2, 0.25) is 0 Å². The lowest BCUT2D eigenvalue weighted by atomic mass is 10.0. The van der Waals surface area contributed by atoms with Gasteiger partial charge in [-0.25, -0.2) is 9.18 Å². The number of ether oxygens (including phenoxy) is 1. The first kappa shape index (κ1) is 17.6. The van der Waals surface area contributed by atoms with Crippen molar-refractivity contribution < 1.29 is 18.7 Å². The Morgan fingerprint density at radius 1 is 1.43 bits per heavy atom. The lowest BCUT2D eigenvalue weighted by Crippen LogP contribution is -2.40. The number of urea groups is 1. The molecule has 0 aliphatic carbocycles. The Hall–Kier alpha value is -1.76. The van der Waals surface area contributed by atoms with Crippen LogP contribution >= 0.6 is 11.8 Å². The number of fused-ring (bicyclic) bond motifs is 1. The number of hydrogen-bond donors (Lipinski definition) is 2. The third kappa shape index (κ3) is 5.13. The van der Waals surface area contributed by atoms with Crippen molar-refractivity contribution in [3.05, 3.63) is 29.6 Å². The Bertz CT molecular complexity index is 580. The molecule has 5 nitrogen and oxygen atoms in total. The van der Waals surface area contributed by atoms with E-state index in [1.807, 2.05) is 6.07 Å². The van der Waals surface area contributed by atoms with E-state index in [1.165, 1.54) is 17.8 Å². The summed E-state index contributed by atoms with van der Waals surface area (Å²) in [6, 6.07) is 4.32. The van der Waals surface area contributed by atoms with E-state index in [1.54, 1.807) is 19.9 Å². The van der Waals surface area contributed by atoms with Gasteiger partial charge in [0, 0.05) is 17.2 Å². The van der Waals surface area contributed by atoms with Gasteiger partial charge in [-0.3, -0.25) is 4.79 Å². The molecule has 1 aromatic rings. The quantitative estimate of drug-likeness (QED) is 0.809. The number of carbonyl (C=O) groups excluding carboxylic acids is 2. The maximum Gasteiger partial charge on any atom is 0.315 e. The maximum atomic E-state index is 13.8. The van der Waals surface area contributed by atoms with Gasteiger partial charge in [0.05, 0.1) is 18.6 Å². The Kier molecular flexibility index (Phi) is 6.27. The Labute approximate surface area is 139 Å². The molecule has 23 heavy (non-hydrogen) atoms. The van der Waals surface area contributed by atoms with Crippen molar-refractivity contribution in [2.24, 2.45) is 0 Å². The average Bonchev–Trinajstić information content (AvgIpc) is 2.47. The summed E-state index contributed by atoms with van der Waals surface area (Å²) in [6.07, 6.45) is 0.698. The highest BCUT2D eigenvalue weighted by molar-refractivity contribution is 7.99. The molecular formula is C16H21FN2O3S. The Balaban J connectivity index is 1.83. The topological polar surface area (TPSA) is 67.4 Å². The number of rotatable bonds is 5. The highest BCUT2D eigenvalue weighted by Crippen LogP contribution is 2.37. The van der Waals surface area contributed by atoms with Crippen molar-refractivity contribution >= 4 is 23.8 Å². The summed E-state index contributed by atoms with van der Waals surface area (Å²) in [7, 11) is 0. The molecular weight excluding hydrogens is 319 g/mol. The highest BCUT2D eigenvalue weighted by atomic mass is 32.2. The molecule has 1 aliphatic heterocycles. The smallest absolute Gasteiger partial charge is 0.315 e. The molecule has 7 heteroatoms. The molecule has 0 radical (unpaired) electrons. The van der Waals surface area contributed by atoms with Gasteiger partial charge >= 0.3 is 12.0 Å². The number of nitrogens with one attached hydrogen (secondary N) is 2. The second-order valence-corrected chi connectivity index (χ2v) is 6.64. The van der Waals surface area contributed by atoms with Crippen LogP contribution in [0.15, 0.2) is 23.1 Å². The van der Waals surface area contributed by atoms with Crippen LogP contribution < -0.4 is 10.6 Å². The predicted molar refractivity (Wildman–Crippen MR) is 86.9 cm³/mol. The largest absolute Gasteiger partial charge is 0.463 e. The molecule has 0 spiro atoms. The molecule has 1 aliphatic rings. The van der Waals surface area contributed by atoms with Crippen LogP contribution in [0.5, 0.6) is 0 Å². The zero-order valence-electron chi connectivity index (χ0n) is 13.2. The number of amides is 2. The number of halogens is 1. The molecule has 0 saturated heterocycles. The fourth-order valence-corrected chi connectivity index (χ4v) is 3.49. The molecule has 0 fully saturated rings. The lowest BCUT2D eigenvalue weighted by molar-refractivity contribution is -0.147. The molecule has 0 bridgehead atoms. The van der Waals surface area contributed by atoms with Crippen LogP contribution in [0, 0.1) is 5.82 Å². The minimum Gasteiger partial charge on any atom is -0.463 e. The van der Waals surface area contributed by atoms with Crippen molar-refractivity contribution in [1.82, 2.24) is 10.6 Å². The van der Waals surface area contributed by atoms with Crippen molar-refractivity contribution in [2.45, 2.75) is 43.7 Å². The van der Waals surface area contributed by atoms with Gasteiger partial charge in [-0.15, -0.1) is 11.8 Å². The van der Waals surface area contributed by atoms with Gasteiger partial charge in [0.1, 0.15) is 5.82 Å². The van der Waals surface area contributed by atoms with Crippen molar-refractivity contribution in [3.63, 3.8) is 0 Å². The van der Waals surface area contributed by atoms with Crippen LogP contribution in [-0.4, -0.2) is 30.4 Å². The molecule has 1 atom stereocenters. The Morgan fingerprint density at radius 2 is 2.22 bits per heavy atom. The summed E-state index contributed by atoms with van der Waals surface area (Å²) < 4.78 is 18.8. The van der Waals surface area contributed by atoms with E-state index >= 15 is 0 Å². The number of benzene rings is 1. The maximum absolute atomic E-state index is 13.8. The van der Waals surface area contributed by atoms with Gasteiger partial charge in [-0.1, -0.05) is 12.1 Å². The van der Waals surface area contributed by atoms with Crippen LogP contribution in [0.1, 0.15) is 38.3 Å². The molecule has 1 heterocycles. The van der Waals surface area contributed by atoms with Gasteiger partial charge in [0.25, 0.3) is 0 Å². The number of carbonyl (C=O) groups is 2. The first-order valence-corrected chi connectivity index (χ1v) is 8.61. The third-order valence-corrected chi connectivity index (χ3v) is 4.47. The zero-order chi connectivity index (χ0) is 16.8. The molecule has 0 unspecified atom stereocenters. The monoisotopic (exact) mass is 340 g/mol. The fraction of sp³-hybridized carbons (Fsp3) is 0.500. The molecule has 2 amide bonds. The van der Waals surface area contributed by atoms with Crippen LogP contribution in [-0.2, 0) is 9.53 Å². The highest BCUT2D eigenvalue weighted by Gasteiger charge is 2.24. The first-order chi connectivity index (χ1) is 11.0. The van der Waals surface area contributed by atoms with Crippen LogP contribution in [0.25, 0.3) is 0 Å². The van der Waals surface area contributed by atoms with Crippen LogP contribution in [0.4, 0.5) is 9.18 Å². The van der Waals surface area contributed by atoms with Gasteiger partial charge in [0.15, 0.2) is 0 Å². The predicted octanol–water partition coefficient (Wildman–Crippen LogP) is 3.00. The Morgan fingerprint density at radius 3 is 2.96 bits per heavy atom. The molecule has 0 aromatic heterocycles. The first-order valence-electron chi connectivity index (χ1n) is 7.62. The summed E-state index contributed by atoms with van der Waals surface area (Å²) in [6.45, 7) is 3.75. The summed E-state index contributed by atoms with van der Waals surface area (Å²) in [5, 5.41) is 5.46. The van der Waals surface area contributed by atoms with Crippen molar-refractivity contribution in [3.8, 4) is 0 Å². The van der Waals surface area contributed by atoms with Crippen LogP contribution in [0.3, 0.4) is 0 Å². The van der Waals surface area contributed by atoms with E-state index < -0.39 is 0 Å². The minimum atomic E-state index is -0.366. The van der Waals surface area contributed by atoms with E-state index in [4.69, 9.17) is 4.74 Å². The summed E-state index contributed by atoms with van der Waals surface area (Å²) >= 11 is 1.47. The normalized spacial score (nSPS) is 16.6. The molecule has 0 saturated carbocycles. The third-order valence-electron chi connectivity index (χ3n) is 3.31. The molecule has 1 aromatic carbocycles. The summed E-state index contributed by atoms with van der Waals surface area (Å²) in [5.41, 5.74) is 0.801. The van der Waals surface area contributed by atoms with E-state index in [0.29, 0.717) is 4.90 Å². The SMILES string of the molecule is CC(C)OC(=O)CCNC(=O)N[C@@H]1CCSc2c(F)cccc21. The molecule has 2 N–H and O–H groups in total. The van der Waals surface area contributed by atoms with Crippen LogP contribution in [0.2, 0.25) is 0 Å². The summed E-state index contributed by atoms with van der Waals surface area (Å²) in [5.74, 6) is 0.150. The van der Waals surface area contributed by atoms with Crippen molar-refractivity contribution in [2.75, 3.05) is 12.3 Å². The van der Waals surface area contributed by atoms with E-state index in [2.05, 4.69) is 10.6 Å². The zero-order valence-corrected chi connectivity index (χ0v) is 14.0. The molecule has 126 valence electrons. The lowest BCUT2D eigenvalue weighted by Gasteiger charge is -2.26. The number of hydrogen-bond acceptors (Lipinski definition) is 4.